The summed E-state index contributed by atoms with van der Waals surface area (Å²) in [6.45, 7) is 4.71. The Morgan fingerprint density at radius 2 is 2.00 bits per heavy atom. The number of hydrogen-bond donors (Lipinski definition) is 1. The molecule has 0 radical (unpaired) electrons. The molecule has 1 aliphatic heterocycles. The fourth-order valence-electron chi connectivity index (χ4n) is 2.87. The maximum Gasteiger partial charge on any atom is 0.238 e. The minimum Gasteiger partial charge on any atom is -0.371 e. The van der Waals surface area contributed by atoms with Gasteiger partial charge in [-0.2, -0.15) is 0 Å². The molecule has 124 valence electrons. The number of carbonyl (C=O) groups excluding carboxylic acids is 1. The smallest absolute Gasteiger partial charge is 0.238 e. The highest BCUT2D eigenvalue weighted by molar-refractivity contribution is 5.85. The molecule has 1 aromatic rings. The maximum absolute atomic E-state index is 11.7. The largest absolute Gasteiger partial charge is 0.371 e. The number of likely N-dealkylation sites (N-methyl/N-ethyl adjacent to an activating group) is 1. The number of halogens is 1. The third kappa shape index (κ3) is 5.14. The third-order valence-corrected chi connectivity index (χ3v) is 4.28. The molecule has 5 nitrogen and oxygen atoms in total. The van der Waals surface area contributed by atoms with Crippen LogP contribution in [0.3, 0.4) is 0 Å². The highest BCUT2D eigenvalue weighted by atomic mass is 35.5. The zero-order valence-electron chi connectivity index (χ0n) is 13.4. The molecule has 0 bridgehead atoms. The van der Waals surface area contributed by atoms with E-state index in [1.165, 1.54) is 18.5 Å². The molecule has 1 fully saturated rings. The van der Waals surface area contributed by atoms with Crippen LogP contribution in [-0.2, 0) is 4.79 Å². The van der Waals surface area contributed by atoms with Crippen molar-refractivity contribution in [2.24, 2.45) is 11.7 Å². The first kappa shape index (κ1) is 18.7. The van der Waals surface area contributed by atoms with Crippen molar-refractivity contribution in [3.8, 4) is 0 Å². The van der Waals surface area contributed by atoms with Gasteiger partial charge in [0.1, 0.15) is 0 Å². The summed E-state index contributed by atoms with van der Waals surface area (Å²) in [7, 11) is 1.85. The van der Waals surface area contributed by atoms with Crippen molar-refractivity contribution >= 4 is 24.0 Å². The van der Waals surface area contributed by atoms with E-state index in [4.69, 9.17) is 5.73 Å². The molecule has 2 N–H and O–H groups in total. The number of hydrogen-bond acceptors (Lipinski definition) is 4. The minimum atomic E-state index is -0.400. The molecule has 1 unspecified atom stereocenters. The summed E-state index contributed by atoms with van der Waals surface area (Å²) in [5, 5.41) is 0. The van der Waals surface area contributed by atoms with E-state index in [1.54, 1.807) is 11.8 Å². The molecule has 1 aliphatic rings. The molecule has 1 saturated heterocycles. The summed E-state index contributed by atoms with van der Waals surface area (Å²) in [6, 6.07) is 3.73. The standard InChI is InChI=1S/C16H26N4O.ClH/c1-13(17)16(21)19(2)10-5-14-6-11-20(12-7-14)15-3-8-18-9-4-15;/h3-4,8-9,13-14H,5-7,10-12,17H2,1-2H3;1H. The molecule has 1 aromatic heterocycles. The monoisotopic (exact) mass is 326 g/mol. The number of nitrogens with two attached hydrogens (primary N) is 1. The van der Waals surface area contributed by atoms with Crippen molar-refractivity contribution in [3.05, 3.63) is 24.5 Å². The lowest BCUT2D eigenvalue weighted by molar-refractivity contribution is -0.131. The third-order valence-electron chi connectivity index (χ3n) is 4.28. The Morgan fingerprint density at radius 1 is 1.41 bits per heavy atom. The molecule has 6 heteroatoms. The van der Waals surface area contributed by atoms with Gasteiger partial charge in [-0.05, 0) is 44.2 Å². The summed E-state index contributed by atoms with van der Waals surface area (Å²) < 4.78 is 0. The second-order valence-electron chi connectivity index (χ2n) is 5.97. The zero-order valence-corrected chi connectivity index (χ0v) is 14.3. The molecule has 0 saturated carbocycles. The van der Waals surface area contributed by atoms with Gasteiger partial charge in [0.2, 0.25) is 5.91 Å². The molecule has 22 heavy (non-hydrogen) atoms. The molecule has 2 rings (SSSR count). The summed E-state index contributed by atoms with van der Waals surface area (Å²) >= 11 is 0. The van der Waals surface area contributed by atoms with E-state index in [1.807, 2.05) is 19.4 Å². The fraction of sp³-hybridized carbons (Fsp3) is 0.625. The van der Waals surface area contributed by atoms with E-state index in [-0.39, 0.29) is 18.3 Å². The normalized spacial score (nSPS) is 16.8. The van der Waals surface area contributed by atoms with Crippen molar-refractivity contribution in [1.82, 2.24) is 9.88 Å². The Kier molecular flexibility index (Phi) is 7.62. The van der Waals surface area contributed by atoms with Crippen molar-refractivity contribution < 1.29 is 4.79 Å². The average Bonchev–Trinajstić information content (AvgIpc) is 2.53. The summed E-state index contributed by atoms with van der Waals surface area (Å²) in [6.07, 6.45) is 7.12. The highest BCUT2D eigenvalue weighted by Crippen LogP contribution is 2.24. The number of rotatable bonds is 5. The van der Waals surface area contributed by atoms with Crippen LogP contribution in [0, 0.1) is 5.92 Å². The highest BCUT2D eigenvalue weighted by Gasteiger charge is 2.21. The molecular formula is C16H27ClN4O. The zero-order chi connectivity index (χ0) is 15.2. The van der Waals surface area contributed by atoms with E-state index >= 15 is 0 Å². The average molecular weight is 327 g/mol. The number of amides is 1. The van der Waals surface area contributed by atoms with Crippen LogP contribution in [0.25, 0.3) is 0 Å². The number of piperidine rings is 1. The SMILES string of the molecule is CC(N)C(=O)N(C)CCC1CCN(c2ccncc2)CC1.Cl. The van der Waals surface area contributed by atoms with Gasteiger partial charge in [-0.15, -0.1) is 12.4 Å². The second kappa shape index (κ2) is 8.96. The maximum atomic E-state index is 11.7. The van der Waals surface area contributed by atoms with Crippen LogP contribution in [0.4, 0.5) is 5.69 Å². The predicted molar refractivity (Wildman–Crippen MR) is 92.3 cm³/mol. The van der Waals surface area contributed by atoms with E-state index < -0.39 is 6.04 Å². The van der Waals surface area contributed by atoms with Gasteiger partial charge in [0.25, 0.3) is 0 Å². The number of carbonyl (C=O) groups is 1. The van der Waals surface area contributed by atoms with Crippen molar-refractivity contribution in [1.29, 1.82) is 0 Å². The summed E-state index contributed by atoms with van der Waals surface area (Å²) in [5.74, 6) is 0.732. The van der Waals surface area contributed by atoms with E-state index in [0.717, 1.165) is 26.1 Å². The fourth-order valence-corrected chi connectivity index (χ4v) is 2.87. The van der Waals surface area contributed by atoms with Crippen LogP contribution in [0.2, 0.25) is 0 Å². The Hall–Kier alpha value is -1.33. The lowest BCUT2D eigenvalue weighted by Gasteiger charge is -2.34. The number of pyridine rings is 1. The first-order chi connectivity index (χ1) is 10.1. The van der Waals surface area contributed by atoms with Crippen LogP contribution in [0.15, 0.2) is 24.5 Å². The van der Waals surface area contributed by atoms with Gasteiger partial charge in [-0.25, -0.2) is 0 Å². The second-order valence-corrected chi connectivity index (χ2v) is 5.97. The number of aromatic nitrogens is 1. The lowest BCUT2D eigenvalue weighted by atomic mass is 9.93. The van der Waals surface area contributed by atoms with Gasteiger partial charge in [0, 0.05) is 44.8 Å². The van der Waals surface area contributed by atoms with Gasteiger partial charge in [-0.3, -0.25) is 9.78 Å². The molecular weight excluding hydrogens is 300 g/mol. The van der Waals surface area contributed by atoms with Gasteiger partial charge in [0.15, 0.2) is 0 Å². The Bertz CT molecular complexity index is 447. The topological polar surface area (TPSA) is 62.5 Å². The first-order valence-electron chi connectivity index (χ1n) is 7.73. The minimum absolute atomic E-state index is 0. The van der Waals surface area contributed by atoms with Gasteiger partial charge in [-0.1, -0.05) is 0 Å². The first-order valence-corrected chi connectivity index (χ1v) is 7.73. The quantitative estimate of drug-likeness (QED) is 0.898. The number of anilines is 1. The Labute approximate surface area is 139 Å². The van der Waals surface area contributed by atoms with Crippen LogP contribution in [0.1, 0.15) is 26.2 Å². The van der Waals surface area contributed by atoms with Gasteiger partial charge < -0.3 is 15.5 Å². The van der Waals surface area contributed by atoms with Crippen LogP contribution in [0.5, 0.6) is 0 Å². The lowest BCUT2D eigenvalue weighted by Crippen LogP contribution is -2.41. The predicted octanol–water partition coefficient (Wildman–Crippen LogP) is 1.92. The Morgan fingerprint density at radius 3 is 2.55 bits per heavy atom. The van der Waals surface area contributed by atoms with Crippen molar-refractivity contribution in [2.75, 3.05) is 31.6 Å². The van der Waals surface area contributed by atoms with E-state index in [0.29, 0.717) is 5.92 Å². The van der Waals surface area contributed by atoms with E-state index in [9.17, 15) is 4.79 Å². The summed E-state index contributed by atoms with van der Waals surface area (Å²) in [4.78, 5) is 20.0. The summed E-state index contributed by atoms with van der Waals surface area (Å²) in [5.41, 5.74) is 6.88. The van der Waals surface area contributed by atoms with Crippen LogP contribution >= 0.6 is 12.4 Å². The van der Waals surface area contributed by atoms with Crippen molar-refractivity contribution in [3.63, 3.8) is 0 Å². The molecule has 0 aromatic carbocycles. The number of nitrogens with zero attached hydrogens (tertiary/aromatic N) is 3. The molecule has 2 heterocycles. The van der Waals surface area contributed by atoms with Gasteiger partial charge >= 0.3 is 0 Å². The molecule has 0 spiro atoms. The molecule has 1 amide bonds. The van der Waals surface area contributed by atoms with Crippen LogP contribution < -0.4 is 10.6 Å². The molecule has 0 aliphatic carbocycles. The molecule has 1 atom stereocenters. The van der Waals surface area contributed by atoms with Crippen molar-refractivity contribution in [2.45, 2.75) is 32.2 Å². The Balaban J connectivity index is 0.00000242. The van der Waals surface area contributed by atoms with Gasteiger partial charge in [0.05, 0.1) is 6.04 Å². The van der Waals surface area contributed by atoms with Crippen LogP contribution in [-0.4, -0.2) is 48.5 Å². The van der Waals surface area contributed by atoms with E-state index in [2.05, 4.69) is 22.0 Å².